The number of esters is 1. The number of hydrogen-bond donors (Lipinski definition) is 0. The lowest BCUT2D eigenvalue weighted by molar-refractivity contribution is -0.116. The molecule has 0 amide bonds. The molecule has 0 bridgehead atoms. The summed E-state index contributed by atoms with van der Waals surface area (Å²) in [7, 11) is 1.43. The van der Waals surface area contributed by atoms with Gasteiger partial charge in [-0.1, -0.05) is 36.4 Å². The minimum Gasteiger partial charge on any atom is -0.490 e. The second-order valence-corrected chi connectivity index (χ2v) is 15.5. The quantitative estimate of drug-likeness (QED) is 0.133. The van der Waals surface area contributed by atoms with E-state index in [9.17, 15) is 4.79 Å². The van der Waals surface area contributed by atoms with Crippen LogP contribution in [0.5, 0.6) is 5.75 Å². The van der Waals surface area contributed by atoms with Crippen LogP contribution in [0.15, 0.2) is 60.0 Å². The third-order valence-corrected chi connectivity index (χ3v) is 11.7. The Morgan fingerprint density at radius 3 is 2.85 bits per heavy atom. The molecule has 0 radical (unpaired) electrons. The molecule has 47 heavy (non-hydrogen) atoms. The van der Waals surface area contributed by atoms with Gasteiger partial charge in [-0.15, -0.1) is 0 Å². The summed E-state index contributed by atoms with van der Waals surface area (Å²) in [4.78, 5) is 23.8. The highest BCUT2D eigenvalue weighted by molar-refractivity contribution is 7.99. The summed E-state index contributed by atoms with van der Waals surface area (Å²) in [6.07, 6.45) is 11.3. The lowest BCUT2D eigenvalue weighted by Gasteiger charge is -2.48. The zero-order chi connectivity index (χ0) is 32.4. The molecule has 10 heteroatoms. The molecule has 8 nitrogen and oxygen atoms in total. The highest BCUT2D eigenvalue weighted by Gasteiger charge is 2.45. The molecule has 1 aromatic heterocycles. The van der Waals surface area contributed by atoms with Gasteiger partial charge in [0, 0.05) is 54.2 Å². The molecule has 250 valence electrons. The molecule has 4 aliphatic rings. The predicted octanol–water partition coefficient (Wildman–Crippen LogP) is 7.16. The van der Waals surface area contributed by atoms with Crippen molar-refractivity contribution in [3.8, 4) is 5.75 Å². The number of hydrogen-bond acceptors (Lipinski definition) is 9. The van der Waals surface area contributed by atoms with Gasteiger partial charge in [-0.2, -0.15) is 0 Å². The molecular formula is C37H44ClN3O5S. The second kappa shape index (κ2) is 14.3. The SMILES string of the molecule is COC(=O)c1ccc2c(c1)N(C[C@@H]1CC[C@H]1[C@H]1C[C@H](OC[C@H](C)Sc3ncccn3)CCO1)C[C@@]1(CCCc3cc(Cl)ccc31)CO2. The van der Waals surface area contributed by atoms with E-state index in [0.29, 0.717) is 30.6 Å². The van der Waals surface area contributed by atoms with Crippen LogP contribution in [0.25, 0.3) is 0 Å². The van der Waals surface area contributed by atoms with Crippen LogP contribution in [0, 0.1) is 11.8 Å². The van der Waals surface area contributed by atoms with Crippen molar-refractivity contribution in [2.75, 3.05) is 44.9 Å². The van der Waals surface area contributed by atoms with Crippen LogP contribution >= 0.6 is 23.4 Å². The Balaban J connectivity index is 1.07. The number of methoxy groups -OCH3 is 1. The van der Waals surface area contributed by atoms with E-state index in [-0.39, 0.29) is 28.8 Å². The Bertz CT molecular complexity index is 1560. The van der Waals surface area contributed by atoms with Crippen molar-refractivity contribution >= 4 is 35.0 Å². The zero-order valence-corrected chi connectivity index (χ0v) is 28.8. The van der Waals surface area contributed by atoms with E-state index in [2.05, 4.69) is 33.9 Å². The van der Waals surface area contributed by atoms with E-state index in [4.69, 9.17) is 30.5 Å². The van der Waals surface area contributed by atoms with Gasteiger partial charge in [0.2, 0.25) is 0 Å². The number of aromatic nitrogens is 2. The third-order valence-electron chi connectivity index (χ3n) is 10.5. The molecule has 1 saturated heterocycles. The fraction of sp³-hybridized carbons (Fsp3) is 0.541. The van der Waals surface area contributed by atoms with Crippen molar-refractivity contribution in [1.29, 1.82) is 0 Å². The molecule has 1 spiro atoms. The molecule has 0 N–H and O–H groups in total. The van der Waals surface area contributed by atoms with E-state index in [0.717, 1.165) is 86.3 Å². The van der Waals surface area contributed by atoms with E-state index in [1.165, 1.54) is 18.2 Å². The van der Waals surface area contributed by atoms with Gasteiger partial charge in [0.15, 0.2) is 5.16 Å². The van der Waals surface area contributed by atoms with Gasteiger partial charge in [0.1, 0.15) is 5.75 Å². The minimum atomic E-state index is -0.337. The second-order valence-electron chi connectivity index (χ2n) is 13.6. The van der Waals surface area contributed by atoms with E-state index < -0.39 is 0 Å². The number of halogens is 1. The smallest absolute Gasteiger partial charge is 0.337 e. The molecular weight excluding hydrogens is 634 g/mol. The Hall–Kier alpha value is -2.85. The van der Waals surface area contributed by atoms with Crippen molar-refractivity contribution in [2.24, 2.45) is 11.8 Å². The molecule has 2 aromatic carbocycles. The lowest BCUT2D eigenvalue weighted by atomic mass is 9.67. The van der Waals surface area contributed by atoms with Crippen molar-refractivity contribution in [3.63, 3.8) is 0 Å². The van der Waals surface area contributed by atoms with Crippen LogP contribution in [0.3, 0.4) is 0 Å². The molecule has 6 atom stereocenters. The van der Waals surface area contributed by atoms with Crippen molar-refractivity contribution in [2.45, 2.75) is 79.9 Å². The topological polar surface area (TPSA) is 83.0 Å². The average molecular weight is 678 g/mol. The van der Waals surface area contributed by atoms with Crippen molar-refractivity contribution < 1.29 is 23.7 Å². The zero-order valence-electron chi connectivity index (χ0n) is 27.2. The number of fused-ring (bicyclic) bond motifs is 3. The Labute approximate surface area is 286 Å². The number of carbonyl (C=O) groups is 1. The maximum absolute atomic E-state index is 12.6. The third kappa shape index (κ3) is 7.14. The number of anilines is 1. The molecule has 0 unspecified atom stereocenters. The molecule has 3 aromatic rings. The highest BCUT2D eigenvalue weighted by Crippen LogP contribution is 2.47. The summed E-state index contributed by atoms with van der Waals surface area (Å²) in [5.41, 5.74) is 4.00. The summed E-state index contributed by atoms with van der Waals surface area (Å²) in [5, 5.41) is 1.83. The first-order valence-corrected chi connectivity index (χ1v) is 18.2. The van der Waals surface area contributed by atoms with Gasteiger partial charge >= 0.3 is 5.97 Å². The maximum atomic E-state index is 12.6. The first-order chi connectivity index (χ1) is 22.9. The normalized spacial score (nSPS) is 27.5. The summed E-state index contributed by atoms with van der Waals surface area (Å²) in [6.45, 7) is 5.85. The van der Waals surface area contributed by atoms with Gasteiger partial charge in [-0.05, 0) is 97.9 Å². The van der Waals surface area contributed by atoms with E-state index in [1.54, 1.807) is 24.2 Å². The minimum absolute atomic E-state index is 0.165. The fourth-order valence-corrected chi connectivity index (χ4v) is 8.97. The average Bonchev–Trinajstić information content (AvgIpc) is 3.22. The Kier molecular flexibility index (Phi) is 9.96. The molecule has 2 fully saturated rings. The molecule has 3 heterocycles. The van der Waals surface area contributed by atoms with E-state index in [1.807, 2.05) is 30.3 Å². The number of ether oxygens (including phenoxy) is 4. The first kappa shape index (κ1) is 32.7. The van der Waals surface area contributed by atoms with Crippen LogP contribution in [0.2, 0.25) is 5.02 Å². The number of nitrogens with zero attached hydrogens (tertiary/aromatic N) is 3. The van der Waals surface area contributed by atoms with Crippen LogP contribution in [0.1, 0.15) is 66.9 Å². The number of thioether (sulfide) groups is 1. The molecule has 1 saturated carbocycles. The van der Waals surface area contributed by atoms with Crippen LogP contribution < -0.4 is 9.64 Å². The van der Waals surface area contributed by atoms with Crippen LogP contribution in [-0.2, 0) is 26.0 Å². The van der Waals surface area contributed by atoms with Gasteiger partial charge in [-0.25, -0.2) is 14.8 Å². The monoisotopic (exact) mass is 677 g/mol. The number of benzene rings is 2. The van der Waals surface area contributed by atoms with Gasteiger partial charge in [-0.3, -0.25) is 0 Å². The Morgan fingerprint density at radius 1 is 1.17 bits per heavy atom. The largest absolute Gasteiger partial charge is 0.490 e. The van der Waals surface area contributed by atoms with E-state index >= 15 is 0 Å². The first-order valence-electron chi connectivity index (χ1n) is 17.0. The van der Waals surface area contributed by atoms with Crippen molar-refractivity contribution in [1.82, 2.24) is 9.97 Å². The molecule has 2 aliphatic carbocycles. The number of carbonyl (C=O) groups excluding carboxylic acids is 1. The predicted molar refractivity (Wildman–Crippen MR) is 184 cm³/mol. The van der Waals surface area contributed by atoms with Gasteiger partial charge in [0.05, 0.1) is 43.8 Å². The maximum Gasteiger partial charge on any atom is 0.337 e. The lowest BCUT2D eigenvalue weighted by Crippen LogP contribution is -2.50. The van der Waals surface area contributed by atoms with Crippen LogP contribution in [0.4, 0.5) is 5.69 Å². The molecule has 2 aliphatic heterocycles. The molecule has 7 rings (SSSR count). The Morgan fingerprint density at radius 2 is 2.04 bits per heavy atom. The van der Waals surface area contributed by atoms with Crippen LogP contribution in [-0.4, -0.2) is 73.4 Å². The van der Waals surface area contributed by atoms with Crippen molar-refractivity contribution in [3.05, 3.63) is 76.6 Å². The van der Waals surface area contributed by atoms with Gasteiger partial charge < -0.3 is 23.8 Å². The standard InChI is InChI=1S/C37H44ClN3O5S/c1-24(47-36-39-14-4-15-40-36)21-45-29-12-16-44-34(19-29)30-9-6-27(30)20-41-22-37(13-3-5-25-17-28(38)8-10-31(25)37)23-46-33-11-7-26(18-32(33)41)35(42)43-2/h4,7-8,10-11,14-15,17-18,24,27,29-30,34H,3,5-6,9,12-13,16,19-23H2,1-2H3/t24-,27-,29+,30+,34+,37-/m0/s1. The number of rotatable bonds is 9. The van der Waals surface area contributed by atoms with Gasteiger partial charge in [0.25, 0.3) is 0 Å². The summed E-state index contributed by atoms with van der Waals surface area (Å²) in [5.74, 6) is 1.43. The summed E-state index contributed by atoms with van der Waals surface area (Å²) < 4.78 is 24.6. The summed E-state index contributed by atoms with van der Waals surface area (Å²) in [6, 6.07) is 13.9. The summed E-state index contributed by atoms with van der Waals surface area (Å²) >= 11 is 8.10. The fourth-order valence-electron chi connectivity index (χ4n) is 8.03. The highest BCUT2D eigenvalue weighted by atomic mass is 35.5. The number of aryl methyl sites for hydroxylation is 1.